The van der Waals surface area contributed by atoms with E-state index in [0.717, 1.165) is 42.8 Å². The number of amides is 2. The highest BCUT2D eigenvalue weighted by atomic mass is 16.2. The molecule has 1 N–H and O–H groups in total. The standard InChI is InChI=1S/C28H30N10O2/c1-16-7-8-29-25(32-16)19-10-20(19)28(40)35-22-11-23(31-15-30-22)36(2)12-18-13-37-14-21(17-5-6-17)34-27(26(37)33-18)38-9-3-4-24(38)39/h7-8,11,13-15,17,19-20H,3-6,9-10,12H2,1-2H3,(H,30,31,35,40)/t19-,20-/m0/s1. The van der Waals surface area contributed by atoms with Gasteiger partial charge in [-0.1, -0.05) is 0 Å². The van der Waals surface area contributed by atoms with Gasteiger partial charge in [0, 0.05) is 68.1 Å². The van der Waals surface area contributed by atoms with Crippen LogP contribution in [0.3, 0.4) is 0 Å². The molecule has 1 saturated heterocycles. The molecule has 3 fully saturated rings. The lowest BCUT2D eigenvalue weighted by Gasteiger charge is -2.17. The predicted molar refractivity (Wildman–Crippen MR) is 147 cm³/mol. The van der Waals surface area contributed by atoms with Crippen molar-refractivity contribution in [3.05, 3.63) is 60.0 Å². The minimum atomic E-state index is -0.165. The number of nitrogens with zero attached hydrogens (tertiary/aromatic N) is 9. The maximum atomic E-state index is 12.9. The van der Waals surface area contributed by atoms with Gasteiger partial charge in [0.05, 0.1) is 17.9 Å². The van der Waals surface area contributed by atoms with E-state index in [1.165, 1.54) is 6.33 Å². The Kier molecular flexibility index (Phi) is 5.90. The first-order valence-electron chi connectivity index (χ1n) is 13.8. The summed E-state index contributed by atoms with van der Waals surface area (Å²) >= 11 is 0. The number of hydrogen-bond donors (Lipinski definition) is 1. The minimum Gasteiger partial charge on any atom is -0.354 e. The van der Waals surface area contributed by atoms with E-state index in [-0.39, 0.29) is 23.7 Å². The first-order chi connectivity index (χ1) is 19.4. The highest BCUT2D eigenvalue weighted by Crippen LogP contribution is 2.46. The number of carbonyl (C=O) groups excluding carboxylic acids is 2. The van der Waals surface area contributed by atoms with Crippen LogP contribution in [0.1, 0.15) is 66.8 Å². The maximum absolute atomic E-state index is 12.9. The second kappa shape index (κ2) is 9.61. The second-order valence-corrected chi connectivity index (χ2v) is 11.0. The molecule has 7 rings (SSSR count). The van der Waals surface area contributed by atoms with Crippen LogP contribution < -0.4 is 15.1 Å². The fourth-order valence-electron chi connectivity index (χ4n) is 5.34. The van der Waals surface area contributed by atoms with Gasteiger partial charge in [0.2, 0.25) is 11.8 Å². The molecule has 204 valence electrons. The molecule has 0 bridgehead atoms. The molecule has 0 aromatic carbocycles. The van der Waals surface area contributed by atoms with Crippen LogP contribution in [-0.2, 0) is 16.1 Å². The number of rotatable bonds is 8. The second-order valence-electron chi connectivity index (χ2n) is 11.0. The molecule has 5 heterocycles. The van der Waals surface area contributed by atoms with Gasteiger partial charge in [-0.2, -0.15) is 0 Å². The SMILES string of the molecule is Cc1ccnc([C@H]2C[C@@H]2C(=O)Nc2cc(N(C)Cc3cn4cc(C5CC5)nc(N5CCCC5=O)c4n3)ncn2)n1. The van der Waals surface area contributed by atoms with E-state index in [1.54, 1.807) is 17.2 Å². The Labute approximate surface area is 230 Å². The third-order valence-corrected chi connectivity index (χ3v) is 7.78. The average molecular weight is 539 g/mol. The van der Waals surface area contributed by atoms with Crippen LogP contribution in [0.2, 0.25) is 0 Å². The van der Waals surface area contributed by atoms with Gasteiger partial charge in [0.15, 0.2) is 11.5 Å². The molecule has 0 unspecified atom stereocenters. The molecule has 4 aromatic heterocycles. The molecule has 12 nitrogen and oxygen atoms in total. The van der Waals surface area contributed by atoms with Crippen molar-refractivity contribution < 1.29 is 9.59 Å². The maximum Gasteiger partial charge on any atom is 0.229 e. The van der Waals surface area contributed by atoms with Crippen LogP contribution in [-0.4, -0.2) is 59.7 Å². The van der Waals surface area contributed by atoms with Crippen molar-refractivity contribution in [1.82, 2.24) is 34.3 Å². The Balaban J connectivity index is 1.07. The fourth-order valence-corrected chi connectivity index (χ4v) is 5.34. The third-order valence-electron chi connectivity index (χ3n) is 7.78. The number of nitrogens with one attached hydrogen (secondary N) is 1. The number of anilines is 3. The van der Waals surface area contributed by atoms with Crippen molar-refractivity contribution in [2.75, 3.05) is 28.7 Å². The highest BCUT2D eigenvalue weighted by Gasteiger charge is 2.46. The van der Waals surface area contributed by atoms with Crippen molar-refractivity contribution in [2.24, 2.45) is 5.92 Å². The molecule has 0 radical (unpaired) electrons. The van der Waals surface area contributed by atoms with Crippen LogP contribution in [0.5, 0.6) is 0 Å². The Hall–Kier alpha value is -4.48. The molecule has 40 heavy (non-hydrogen) atoms. The zero-order valence-electron chi connectivity index (χ0n) is 22.5. The molecule has 3 aliphatic rings. The first-order valence-corrected chi connectivity index (χ1v) is 13.8. The molecule has 0 spiro atoms. The van der Waals surface area contributed by atoms with Crippen molar-refractivity contribution in [1.29, 1.82) is 0 Å². The normalized spacial score (nSPS) is 20.2. The number of carbonyl (C=O) groups is 2. The van der Waals surface area contributed by atoms with Crippen molar-refractivity contribution >= 4 is 34.9 Å². The molecule has 2 saturated carbocycles. The summed E-state index contributed by atoms with van der Waals surface area (Å²) in [6.07, 6.45) is 11.6. The summed E-state index contributed by atoms with van der Waals surface area (Å²) in [4.78, 5) is 56.3. The molecular weight excluding hydrogens is 508 g/mol. The predicted octanol–water partition coefficient (Wildman–Crippen LogP) is 3.00. The van der Waals surface area contributed by atoms with Gasteiger partial charge in [-0.15, -0.1) is 0 Å². The van der Waals surface area contributed by atoms with Gasteiger partial charge in [-0.3, -0.25) is 14.5 Å². The topological polar surface area (TPSA) is 134 Å². The van der Waals surface area contributed by atoms with Crippen molar-refractivity contribution in [3.8, 4) is 0 Å². The van der Waals surface area contributed by atoms with Gasteiger partial charge in [-0.25, -0.2) is 29.9 Å². The number of hydrogen-bond acceptors (Lipinski definition) is 9. The molecule has 4 aromatic rings. The molecule has 2 aliphatic carbocycles. The van der Waals surface area contributed by atoms with Crippen LogP contribution in [0.4, 0.5) is 17.5 Å². The Bertz CT molecular complexity index is 1630. The van der Waals surface area contributed by atoms with E-state index >= 15 is 0 Å². The number of fused-ring (bicyclic) bond motifs is 1. The van der Waals surface area contributed by atoms with Crippen LogP contribution in [0.25, 0.3) is 5.65 Å². The van der Waals surface area contributed by atoms with Gasteiger partial charge in [-0.05, 0) is 38.7 Å². The lowest BCUT2D eigenvalue weighted by Crippen LogP contribution is -2.26. The molecular formula is C28H30N10O2. The first kappa shape index (κ1) is 24.6. The van der Waals surface area contributed by atoms with Gasteiger partial charge >= 0.3 is 0 Å². The lowest BCUT2D eigenvalue weighted by molar-refractivity contribution is -0.118. The van der Waals surface area contributed by atoms with Crippen LogP contribution in [0, 0.1) is 12.8 Å². The fraction of sp³-hybridized carbons (Fsp3) is 0.429. The summed E-state index contributed by atoms with van der Waals surface area (Å²) < 4.78 is 2.00. The zero-order chi connectivity index (χ0) is 27.4. The zero-order valence-corrected chi connectivity index (χ0v) is 22.5. The minimum absolute atomic E-state index is 0.0367. The summed E-state index contributed by atoms with van der Waals surface area (Å²) in [5, 5.41) is 2.93. The molecule has 1 aliphatic heterocycles. The van der Waals surface area contributed by atoms with Crippen LogP contribution >= 0.6 is 0 Å². The van der Waals surface area contributed by atoms with E-state index in [2.05, 4.69) is 25.3 Å². The smallest absolute Gasteiger partial charge is 0.229 e. The molecule has 2 amide bonds. The Morgan fingerprint density at radius 1 is 1.15 bits per heavy atom. The summed E-state index contributed by atoms with van der Waals surface area (Å²) in [6, 6.07) is 3.61. The summed E-state index contributed by atoms with van der Waals surface area (Å²) in [7, 11) is 1.92. The number of imidazole rings is 1. The molecule has 2 atom stereocenters. The van der Waals surface area contributed by atoms with E-state index in [0.29, 0.717) is 54.4 Å². The quantitative estimate of drug-likeness (QED) is 0.359. The Morgan fingerprint density at radius 2 is 2.02 bits per heavy atom. The van der Waals surface area contributed by atoms with E-state index < -0.39 is 0 Å². The van der Waals surface area contributed by atoms with E-state index in [4.69, 9.17) is 9.97 Å². The summed E-state index contributed by atoms with van der Waals surface area (Å²) in [5.41, 5.74) is 3.43. The third kappa shape index (κ3) is 4.74. The van der Waals surface area contributed by atoms with Crippen LogP contribution in [0.15, 0.2) is 37.1 Å². The number of aryl methyl sites for hydroxylation is 1. The molecule has 12 heteroatoms. The lowest BCUT2D eigenvalue weighted by atomic mass is 10.2. The van der Waals surface area contributed by atoms with Crippen molar-refractivity contribution in [2.45, 2.75) is 57.4 Å². The van der Waals surface area contributed by atoms with E-state index in [9.17, 15) is 9.59 Å². The Morgan fingerprint density at radius 3 is 2.80 bits per heavy atom. The van der Waals surface area contributed by atoms with Gasteiger partial charge < -0.3 is 14.6 Å². The summed E-state index contributed by atoms with van der Waals surface area (Å²) in [5.74, 6) is 2.81. The average Bonchev–Trinajstić information content (AvgIpc) is 3.86. The monoisotopic (exact) mass is 538 g/mol. The van der Waals surface area contributed by atoms with E-state index in [1.807, 2.05) is 41.7 Å². The summed E-state index contributed by atoms with van der Waals surface area (Å²) in [6.45, 7) is 3.07. The van der Waals surface area contributed by atoms with Gasteiger partial charge in [0.1, 0.15) is 23.8 Å². The van der Waals surface area contributed by atoms with Crippen molar-refractivity contribution in [3.63, 3.8) is 0 Å². The number of aromatic nitrogens is 7. The highest BCUT2D eigenvalue weighted by molar-refractivity contribution is 5.97. The van der Waals surface area contributed by atoms with Gasteiger partial charge in [0.25, 0.3) is 0 Å². The largest absolute Gasteiger partial charge is 0.354 e.